The number of nitrogens with two attached hydrogens (primary N) is 2. The number of nitrogens with one attached hydrogen (secondary N) is 5. The maximum absolute atomic E-state index is 14.4. The molecular weight excluding hydrogens is 1240 g/mol. The molecule has 0 saturated heterocycles. The minimum atomic E-state index is -1.33. The first kappa shape index (κ1) is 63.1. The largest absolute Gasteiger partial charge is 0.469 e. The van der Waals surface area contributed by atoms with Crippen LogP contribution in [0.15, 0.2) is 64.0 Å². The Balaban J connectivity index is 1.13. The smallest absolute Gasteiger partial charge is 0.405 e. The summed E-state index contributed by atoms with van der Waals surface area (Å²) >= 11 is 6.94. The average Bonchev–Trinajstić information content (AvgIpc) is 2.14. The van der Waals surface area contributed by atoms with E-state index in [0.29, 0.717) is 82.3 Å². The molecule has 454 valence electrons. The number of unbranched alkanes of at least 4 members (excludes halogenated alkanes) is 1. The molecule has 1 aromatic carbocycles. The number of aryl methyl sites for hydroxylation is 1. The fourth-order valence-electron chi connectivity index (χ4n) is 8.87. The highest BCUT2D eigenvalue weighted by Gasteiger charge is 2.38. The van der Waals surface area contributed by atoms with Crippen LogP contribution in [0.3, 0.4) is 0 Å². The zero-order valence-corrected chi connectivity index (χ0v) is 52.3. The molecule has 0 unspecified atom stereocenters. The van der Waals surface area contributed by atoms with Gasteiger partial charge in [-0.05, 0) is 43.4 Å². The van der Waals surface area contributed by atoms with Gasteiger partial charge in [-0.15, -0.1) is 68.0 Å². The fourth-order valence-corrected chi connectivity index (χ4v) is 14.4. The molecular formula is C55H57N15O11S6. The molecule has 9 rings (SSSR count). The Morgan fingerprint density at radius 1 is 0.713 bits per heavy atom. The highest BCUT2D eigenvalue weighted by atomic mass is 32.1. The predicted molar refractivity (Wildman–Crippen MR) is 327 cm³/mol. The van der Waals surface area contributed by atoms with Gasteiger partial charge in [-0.1, -0.05) is 44.2 Å². The van der Waals surface area contributed by atoms with E-state index < -0.39 is 66.4 Å². The molecule has 1 aliphatic rings. The lowest BCUT2D eigenvalue weighted by Gasteiger charge is -2.32. The van der Waals surface area contributed by atoms with E-state index in [0.717, 1.165) is 50.4 Å². The van der Waals surface area contributed by atoms with Gasteiger partial charge in [-0.3, -0.25) is 38.6 Å². The molecule has 32 heteroatoms. The molecule has 1 aliphatic heterocycles. The van der Waals surface area contributed by atoms with Gasteiger partial charge in [0, 0.05) is 59.0 Å². The molecule has 0 aliphatic carbocycles. The van der Waals surface area contributed by atoms with E-state index in [1.54, 1.807) is 70.9 Å². The average molecular weight is 1300 g/mol. The first-order valence-electron chi connectivity index (χ1n) is 26.7. The van der Waals surface area contributed by atoms with Crippen LogP contribution in [-0.2, 0) is 40.0 Å². The Labute approximate surface area is 520 Å². The van der Waals surface area contributed by atoms with Crippen LogP contribution < -0.4 is 38.2 Å². The number of pyridine rings is 1. The Morgan fingerprint density at radius 3 is 2.15 bits per heavy atom. The third-order valence-corrected chi connectivity index (χ3v) is 18.9. The number of fused-ring (bicyclic) bond motifs is 14. The summed E-state index contributed by atoms with van der Waals surface area (Å²) in [6.45, 7) is 4.69. The van der Waals surface area contributed by atoms with Crippen molar-refractivity contribution in [2.75, 3.05) is 33.1 Å². The minimum Gasteiger partial charge on any atom is -0.469 e. The summed E-state index contributed by atoms with van der Waals surface area (Å²) in [6, 6.07) is 8.85. The van der Waals surface area contributed by atoms with Crippen molar-refractivity contribution in [1.82, 2.24) is 61.2 Å². The van der Waals surface area contributed by atoms with Crippen LogP contribution in [0, 0.1) is 12.8 Å². The zero-order chi connectivity index (χ0) is 62.1. The van der Waals surface area contributed by atoms with Crippen LogP contribution >= 0.6 is 68.0 Å². The number of amides is 7. The lowest BCUT2D eigenvalue weighted by atomic mass is 10.0. The number of hydrogen-bond donors (Lipinski definition) is 7. The molecule has 7 aromatic heterocycles. The number of ether oxygens (including phenoxy) is 3. The highest BCUT2D eigenvalue weighted by molar-refractivity contribution is 7.15. The summed E-state index contributed by atoms with van der Waals surface area (Å²) < 4.78 is 15.9. The minimum absolute atomic E-state index is 0.00179. The number of esters is 1. The number of rotatable bonds is 15. The number of hydrogen-bond acceptors (Lipinski definition) is 25. The number of methoxy groups -OCH3 is 2. The summed E-state index contributed by atoms with van der Waals surface area (Å²) in [6.07, 6.45) is -1.44. The quantitative estimate of drug-likeness (QED) is 0.0224. The maximum atomic E-state index is 14.4. The lowest BCUT2D eigenvalue weighted by molar-refractivity contribution is -0.141. The number of primary amides is 1. The van der Waals surface area contributed by atoms with Crippen molar-refractivity contribution < 1.29 is 52.6 Å². The molecule has 87 heavy (non-hydrogen) atoms. The van der Waals surface area contributed by atoms with Gasteiger partial charge in [0.25, 0.3) is 23.6 Å². The molecule has 0 spiro atoms. The molecule has 8 aromatic rings. The number of nitrogens with zero attached hydrogens (tertiary/aromatic N) is 8. The second-order valence-corrected chi connectivity index (χ2v) is 25.4. The fraction of sp³-hybridized carbons (Fsp3) is 0.327. The van der Waals surface area contributed by atoms with Crippen molar-refractivity contribution in [3.8, 4) is 43.4 Å². The van der Waals surface area contributed by atoms with Crippen molar-refractivity contribution in [1.29, 1.82) is 0 Å². The first-order chi connectivity index (χ1) is 41.8. The van der Waals surface area contributed by atoms with E-state index in [4.69, 9.17) is 45.7 Å². The van der Waals surface area contributed by atoms with E-state index in [2.05, 4.69) is 41.5 Å². The third-order valence-electron chi connectivity index (χ3n) is 13.2. The second-order valence-electron chi connectivity index (χ2n) is 19.6. The van der Waals surface area contributed by atoms with Gasteiger partial charge in [-0.2, -0.15) is 0 Å². The first-order valence-corrected chi connectivity index (χ1v) is 31.8. The molecule has 10 bridgehead atoms. The van der Waals surface area contributed by atoms with Crippen molar-refractivity contribution in [2.45, 2.75) is 83.7 Å². The molecule has 0 fully saturated rings. The van der Waals surface area contributed by atoms with Crippen LogP contribution in [-0.4, -0.2) is 115 Å². The molecule has 7 amide bonds. The Kier molecular flexibility index (Phi) is 20.6. The van der Waals surface area contributed by atoms with Crippen molar-refractivity contribution in [3.05, 3.63) is 111 Å². The van der Waals surface area contributed by atoms with Gasteiger partial charge >= 0.3 is 12.1 Å². The predicted octanol–water partition coefficient (Wildman–Crippen LogP) is 7.67. The van der Waals surface area contributed by atoms with Crippen molar-refractivity contribution >= 4 is 121 Å². The number of benzene rings is 1. The molecule has 26 nitrogen and oxygen atoms in total. The number of carbonyl (C=O) groups excluding carboxylic acids is 8. The highest BCUT2D eigenvalue weighted by Crippen LogP contribution is 2.42. The second kappa shape index (κ2) is 28.4. The zero-order valence-electron chi connectivity index (χ0n) is 47.4. The lowest BCUT2D eigenvalue weighted by Crippen LogP contribution is -2.48. The van der Waals surface area contributed by atoms with E-state index in [1.165, 1.54) is 43.9 Å². The SMILES string of the molecule is CNC(=O)C[C@@H]1NC(=O)c2csc(n2)-c2ccc(-c3nc(NC(=O)CCCCC(=O)OC)cs3)nc2-c2csc(n2)-c2csc(n2)[C@H]([C@@H](OC(N)=O)c2ccccc2)N(N)C(=O)CNC(=O)c2nc(sc2COC)[C@H](C(C)C)NC(=O)c2nc1sc2C. The van der Waals surface area contributed by atoms with Crippen LogP contribution in [0.1, 0.15) is 132 Å². The maximum Gasteiger partial charge on any atom is 0.405 e. The van der Waals surface area contributed by atoms with E-state index in [1.807, 2.05) is 13.8 Å². The van der Waals surface area contributed by atoms with Gasteiger partial charge in [0.2, 0.25) is 11.8 Å². The van der Waals surface area contributed by atoms with Gasteiger partial charge in [-0.25, -0.2) is 45.5 Å². The van der Waals surface area contributed by atoms with Gasteiger partial charge in [0.1, 0.15) is 76.1 Å². The Bertz CT molecular complexity index is 3860. The van der Waals surface area contributed by atoms with Crippen molar-refractivity contribution in [3.63, 3.8) is 0 Å². The summed E-state index contributed by atoms with van der Waals surface area (Å²) in [5.74, 6) is 2.90. The van der Waals surface area contributed by atoms with Gasteiger partial charge < -0.3 is 46.5 Å². The van der Waals surface area contributed by atoms with Gasteiger partial charge in [0.05, 0.1) is 49.3 Å². The van der Waals surface area contributed by atoms with Crippen LogP contribution in [0.25, 0.3) is 43.4 Å². The molecule has 0 radical (unpaired) electrons. The van der Waals surface area contributed by atoms with Crippen LogP contribution in [0.5, 0.6) is 0 Å². The molecule has 8 heterocycles. The van der Waals surface area contributed by atoms with Crippen LogP contribution in [0.2, 0.25) is 0 Å². The topological polar surface area (TPSA) is 370 Å². The summed E-state index contributed by atoms with van der Waals surface area (Å²) in [7, 11) is 4.21. The molecule has 9 N–H and O–H groups in total. The Morgan fingerprint density at radius 2 is 1.41 bits per heavy atom. The Hall–Kier alpha value is -8.37. The van der Waals surface area contributed by atoms with E-state index in [-0.39, 0.29) is 70.8 Å². The van der Waals surface area contributed by atoms with E-state index in [9.17, 15) is 38.4 Å². The summed E-state index contributed by atoms with van der Waals surface area (Å²) in [5.41, 5.74) is 7.95. The number of anilines is 1. The van der Waals surface area contributed by atoms with Crippen molar-refractivity contribution in [2.24, 2.45) is 17.5 Å². The molecule has 0 saturated carbocycles. The van der Waals surface area contributed by atoms with Gasteiger partial charge in [0.15, 0.2) is 6.10 Å². The number of hydrazine groups is 1. The summed E-state index contributed by atoms with van der Waals surface area (Å²) in [5, 5.41) is 23.5. The normalized spacial score (nSPS) is 16.1. The number of thiazole rings is 6. The standard InChI is InChI=1S/C55H57N15O11S6/c1-25(2)40-53-69-43(34(87-53)20-79-5)47(76)59-19-38(73)70(57)44(45(81-55(56)78)27-12-8-7-9-13-27)54-64-33(23-84-54)51-62-31(21-83-51)42-28(16-17-29(60-42)50-66-35(24-85-50)65-36(71)14-10-11-15-39(74)80-6)49-63-32(22-82-49)46(75)61-30(18-37(72)58-4)52-68-41(26(3)86-52)48(77)67-40/h7-9,12-13,16-17,21-25,30,40,44-45H,10-11,14-15,18-20,57H2,1-6H3,(H2,56,78)(H,58,72)(H,59,76)(H,61,75)(H,65,71)(H,67,77)/t30-,40-,44-,45-/m0/s1. The van der Waals surface area contributed by atoms with Crippen LogP contribution in [0.4, 0.5) is 10.6 Å². The van der Waals surface area contributed by atoms with E-state index >= 15 is 0 Å². The summed E-state index contributed by atoms with van der Waals surface area (Å²) in [4.78, 5) is 142. The third kappa shape index (κ3) is 15.1. The molecule has 4 atom stereocenters. The number of carbonyl (C=O) groups is 8. The monoisotopic (exact) mass is 1300 g/mol. The number of aromatic nitrogens is 7.